The van der Waals surface area contributed by atoms with Gasteiger partial charge in [-0.05, 0) is 44.5 Å². The van der Waals surface area contributed by atoms with Crippen LogP contribution < -0.4 is 15.4 Å². The lowest BCUT2D eigenvalue weighted by Crippen LogP contribution is -2.37. The zero-order chi connectivity index (χ0) is 19.7. The molecule has 2 rings (SSSR count). The van der Waals surface area contributed by atoms with Crippen molar-refractivity contribution in [2.75, 3.05) is 13.1 Å². The average molecular weight is 370 g/mol. The van der Waals surface area contributed by atoms with E-state index in [2.05, 4.69) is 10.6 Å². The summed E-state index contributed by atoms with van der Waals surface area (Å²) >= 11 is 0. The van der Waals surface area contributed by atoms with Crippen molar-refractivity contribution < 1.29 is 19.1 Å². The Morgan fingerprint density at radius 1 is 0.926 bits per heavy atom. The Bertz CT molecular complexity index is 754. The Morgan fingerprint density at radius 2 is 1.63 bits per heavy atom. The Labute approximate surface area is 159 Å². The van der Waals surface area contributed by atoms with E-state index in [1.807, 2.05) is 36.4 Å². The van der Waals surface area contributed by atoms with E-state index in [1.165, 1.54) is 0 Å². The SMILES string of the molecule is CC(C)(C)OC(=O)NCCNC(=O)c1cccc(OCc2ccccc2)c1. The van der Waals surface area contributed by atoms with E-state index in [0.29, 0.717) is 24.5 Å². The van der Waals surface area contributed by atoms with E-state index in [0.717, 1.165) is 5.56 Å². The van der Waals surface area contributed by atoms with Crippen molar-refractivity contribution >= 4 is 12.0 Å². The predicted molar refractivity (Wildman–Crippen MR) is 104 cm³/mol. The zero-order valence-corrected chi connectivity index (χ0v) is 16.0. The van der Waals surface area contributed by atoms with E-state index in [1.54, 1.807) is 39.0 Å². The highest BCUT2D eigenvalue weighted by molar-refractivity contribution is 5.94. The molecule has 0 atom stereocenters. The fourth-order valence-electron chi connectivity index (χ4n) is 2.22. The van der Waals surface area contributed by atoms with E-state index < -0.39 is 11.7 Å². The predicted octanol–water partition coefficient (Wildman–Crippen LogP) is 3.52. The van der Waals surface area contributed by atoms with Gasteiger partial charge in [0.2, 0.25) is 0 Å². The minimum atomic E-state index is -0.548. The molecule has 0 bridgehead atoms. The van der Waals surface area contributed by atoms with Crippen LogP contribution in [0, 0.1) is 0 Å². The van der Waals surface area contributed by atoms with Gasteiger partial charge in [-0.1, -0.05) is 36.4 Å². The molecule has 0 radical (unpaired) electrons. The maximum atomic E-state index is 12.2. The van der Waals surface area contributed by atoms with Gasteiger partial charge in [-0.15, -0.1) is 0 Å². The maximum absolute atomic E-state index is 12.2. The molecule has 0 fully saturated rings. The molecule has 0 aliphatic heterocycles. The smallest absolute Gasteiger partial charge is 0.407 e. The molecule has 2 aromatic carbocycles. The molecule has 0 spiro atoms. The first kappa shape index (κ1) is 20.3. The molecule has 2 amide bonds. The van der Waals surface area contributed by atoms with Crippen molar-refractivity contribution in [1.29, 1.82) is 0 Å². The standard InChI is InChI=1S/C21H26N2O4/c1-21(2,3)27-20(25)23-13-12-22-19(24)17-10-7-11-18(14-17)26-15-16-8-5-4-6-9-16/h4-11,14H,12-13,15H2,1-3H3,(H,22,24)(H,23,25). The van der Waals surface area contributed by atoms with Gasteiger partial charge in [0, 0.05) is 18.7 Å². The molecule has 0 unspecified atom stereocenters. The van der Waals surface area contributed by atoms with Gasteiger partial charge in [0.25, 0.3) is 5.91 Å². The maximum Gasteiger partial charge on any atom is 0.407 e. The van der Waals surface area contributed by atoms with Crippen molar-refractivity contribution in [3.8, 4) is 5.75 Å². The van der Waals surface area contributed by atoms with Crippen LogP contribution >= 0.6 is 0 Å². The summed E-state index contributed by atoms with van der Waals surface area (Å²) in [6.45, 7) is 6.40. The van der Waals surface area contributed by atoms with Gasteiger partial charge in [0.15, 0.2) is 0 Å². The fourth-order valence-corrected chi connectivity index (χ4v) is 2.22. The molecule has 0 aromatic heterocycles. The first-order valence-electron chi connectivity index (χ1n) is 8.85. The van der Waals surface area contributed by atoms with Crippen LogP contribution in [0.25, 0.3) is 0 Å². The molecule has 6 nitrogen and oxygen atoms in total. The molecule has 144 valence electrons. The van der Waals surface area contributed by atoms with Gasteiger partial charge >= 0.3 is 6.09 Å². The first-order valence-corrected chi connectivity index (χ1v) is 8.85. The quantitative estimate of drug-likeness (QED) is 0.731. The highest BCUT2D eigenvalue weighted by Gasteiger charge is 2.15. The molecule has 2 aromatic rings. The number of amides is 2. The average Bonchev–Trinajstić information content (AvgIpc) is 2.63. The minimum Gasteiger partial charge on any atom is -0.489 e. The van der Waals surface area contributed by atoms with Gasteiger partial charge in [0.1, 0.15) is 18.0 Å². The first-order chi connectivity index (χ1) is 12.8. The number of hydrogen-bond donors (Lipinski definition) is 2. The molecular weight excluding hydrogens is 344 g/mol. The van der Waals surface area contributed by atoms with E-state index >= 15 is 0 Å². The minimum absolute atomic E-state index is 0.230. The summed E-state index contributed by atoms with van der Waals surface area (Å²) < 4.78 is 10.9. The lowest BCUT2D eigenvalue weighted by molar-refractivity contribution is 0.0526. The van der Waals surface area contributed by atoms with Crippen LogP contribution in [0.3, 0.4) is 0 Å². The summed E-state index contributed by atoms with van der Waals surface area (Å²) in [5.74, 6) is 0.393. The molecule has 0 aliphatic carbocycles. The Balaban J connectivity index is 1.77. The number of nitrogens with one attached hydrogen (secondary N) is 2. The van der Waals surface area contributed by atoms with Crippen LogP contribution in [-0.4, -0.2) is 30.7 Å². The number of carbonyl (C=O) groups is 2. The number of benzene rings is 2. The zero-order valence-electron chi connectivity index (χ0n) is 16.0. The molecule has 0 heterocycles. The Kier molecular flexibility index (Phi) is 7.23. The number of hydrogen-bond acceptors (Lipinski definition) is 4. The third-order valence-electron chi connectivity index (χ3n) is 3.42. The third-order valence-corrected chi connectivity index (χ3v) is 3.42. The second kappa shape index (κ2) is 9.62. The van der Waals surface area contributed by atoms with E-state index in [-0.39, 0.29) is 12.5 Å². The summed E-state index contributed by atoms with van der Waals surface area (Å²) in [7, 11) is 0. The lowest BCUT2D eigenvalue weighted by Gasteiger charge is -2.19. The largest absolute Gasteiger partial charge is 0.489 e. The Hall–Kier alpha value is -3.02. The summed E-state index contributed by atoms with van der Waals surface area (Å²) in [5.41, 5.74) is 1.01. The lowest BCUT2D eigenvalue weighted by atomic mass is 10.2. The fraction of sp³-hybridized carbons (Fsp3) is 0.333. The highest BCUT2D eigenvalue weighted by Crippen LogP contribution is 2.15. The van der Waals surface area contributed by atoms with Crippen molar-refractivity contribution in [2.24, 2.45) is 0 Å². The number of rotatable bonds is 7. The van der Waals surface area contributed by atoms with E-state index in [9.17, 15) is 9.59 Å². The van der Waals surface area contributed by atoms with Gasteiger partial charge in [0.05, 0.1) is 0 Å². The number of carbonyl (C=O) groups excluding carboxylic acids is 2. The topological polar surface area (TPSA) is 76.7 Å². The van der Waals surface area contributed by atoms with Crippen LogP contribution in [0.5, 0.6) is 5.75 Å². The van der Waals surface area contributed by atoms with Gasteiger partial charge < -0.3 is 20.1 Å². The number of alkyl carbamates (subject to hydrolysis) is 1. The molecular formula is C21H26N2O4. The van der Waals surface area contributed by atoms with Crippen LogP contribution in [0.1, 0.15) is 36.7 Å². The van der Waals surface area contributed by atoms with Gasteiger partial charge in [-0.3, -0.25) is 4.79 Å². The van der Waals surface area contributed by atoms with Gasteiger partial charge in [-0.2, -0.15) is 0 Å². The second-order valence-electron chi connectivity index (χ2n) is 6.99. The summed E-state index contributed by atoms with van der Waals surface area (Å²) in [6.07, 6.45) is -0.506. The normalized spacial score (nSPS) is 10.8. The molecule has 0 saturated heterocycles. The second-order valence-corrected chi connectivity index (χ2v) is 6.99. The molecule has 0 saturated carbocycles. The number of ether oxygens (including phenoxy) is 2. The molecule has 27 heavy (non-hydrogen) atoms. The highest BCUT2D eigenvalue weighted by atomic mass is 16.6. The molecule has 0 aliphatic rings. The van der Waals surface area contributed by atoms with Crippen LogP contribution in [-0.2, 0) is 11.3 Å². The van der Waals surface area contributed by atoms with Crippen LogP contribution in [0.2, 0.25) is 0 Å². The van der Waals surface area contributed by atoms with E-state index in [4.69, 9.17) is 9.47 Å². The summed E-state index contributed by atoms with van der Waals surface area (Å²) in [4.78, 5) is 23.8. The van der Waals surface area contributed by atoms with Crippen molar-refractivity contribution in [3.05, 3.63) is 65.7 Å². The summed E-state index contributed by atoms with van der Waals surface area (Å²) in [6, 6.07) is 16.8. The van der Waals surface area contributed by atoms with Crippen LogP contribution in [0.15, 0.2) is 54.6 Å². The summed E-state index contributed by atoms with van der Waals surface area (Å²) in [5, 5.41) is 5.35. The third kappa shape index (κ3) is 7.81. The van der Waals surface area contributed by atoms with Crippen molar-refractivity contribution in [3.63, 3.8) is 0 Å². The van der Waals surface area contributed by atoms with Crippen LogP contribution in [0.4, 0.5) is 4.79 Å². The van der Waals surface area contributed by atoms with Crippen molar-refractivity contribution in [2.45, 2.75) is 33.0 Å². The Morgan fingerprint density at radius 3 is 2.33 bits per heavy atom. The molecule has 6 heteroatoms. The van der Waals surface area contributed by atoms with Gasteiger partial charge in [-0.25, -0.2) is 4.79 Å². The molecule has 2 N–H and O–H groups in total. The monoisotopic (exact) mass is 370 g/mol. The van der Waals surface area contributed by atoms with Crippen molar-refractivity contribution in [1.82, 2.24) is 10.6 Å².